The molecule has 1 aromatic heterocycles. The van der Waals surface area contributed by atoms with Crippen LogP contribution in [0.15, 0.2) is 12.4 Å². The number of carbonyl (C=O) groups excluding carboxylic acids is 1. The van der Waals surface area contributed by atoms with Gasteiger partial charge < -0.3 is 15.5 Å². The van der Waals surface area contributed by atoms with Crippen LogP contribution in [0.5, 0.6) is 0 Å². The highest BCUT2D eigenvalue weighted by Crippen LogP contribution is 2.25. The lowest BCUT2D eigenvalue weighted by atomic mass is 9.93. The molecule has 2 N–H and O–H groups in total. The molecule has 25 heavy (non-hydrogen) atoms. The average Bonchev–Trinajstić information content (AvgIpc) is 2.65. The molecule has 1 aromatic rings. The lowest BCUT2D eigenvalue weighted by Crippen LogP contribution is -2.36. The molecule has 0 saturated carbocycles. The molecule has 0 aliphatic carbocycles. The van der Waals surface area contributed by atoms with E-state index in [1.807, 2.05) is 6.07 Å². The maximum atomic E-state index is 11.9. The van der Waals surface area contributed by atoms with Crippen LogP contribution in [0.25, 0.3) is 0 Å². The number of carbonyl (C=O) groups is 1. The lowest BCUT2D eigenvalue weighted by molar-refractivity contribution is -0.121. The fourth-order valence-corrected chi connectivity index (χ4v) is 3.21. The van der Waals surface area contributed by atoms with Crippen LogP contribution in [0.1, 0.15) is 58.8 Å². The molecule has 6 heteroatoms. The van der Waals surface area contributed by atoms with Crippen molar-refractivity contribution in [2.45, 2.75) is 58.8 Å². The van der Waals surface area contributed by atoms with Crippen LogP contribution in [0.2, 0.25) is 0 Å². The number of hydrogen-bond donors (Lipinski definition) is 2. The molecule has 0 bridgehead atoms. The summed E-state index contributed by atoms with van der Waals surface area (Å²) in [5, 5.41) is 6.33. The van der Waals surface area contributed by atoms with Crippen LogP contribution in [0.3, 0.4) is 0 Å². The Kier molecular flexibility index (Phi) is 8.49. The van der Waals surface area contributed by atoms with Crippen LogP contribution >= 0.6 is 0 Å². The Morgan fingerprint density at radius 3 is 2.96 bits per heavy atom. The van der Waals surface area contributed by atoms with Crippen LogP contribution in [0, 0.1) is 5.92 Å². The molecular formula is C19H33N5O. The van der Waals surface area contributed by atoms with Gasteiger partial charge >= 0.3 is 0 Å². The van der Waals surface area contributed by atoms with E-state index in [1.165, 1.54) is 6.42 Å². The van der Waals surface area contributed by atoms with Crippen molar-refractivity contribution in [2.24, 2.45) is 5.92 Å². The van der Waals surface area contributed by atoms with Crippen LogP contribution in [-0.2, 0) is 4.79 Å². The summed E-state index contributed by atoms with van der Waals surface area (Å²) in [5.41, 5.74) is 0. The number of piperidine rings is 1. The molecule has 6 nitrogen and oxygen atoms in total. The van der Waals surface area contributed by atoms with Gasteiger partial charge in [-0.25, -0.2) is 9.97 Å². The first-order valence-electron chi connectivity index (χ1n) is 9.80. The molecule has 0 radical (unpaired) electrons. The van der Waals surface area contributed by atoms with Gasteiger partial charge in [0, 0.05) is 38.7 Å². The van der Waals surface area contributed by atoms with E-state index in [0.717, 1.165) is 69.9 Å². The molecular weight excluding hydrogens is 314 g/mol. The number of rotatable bonds is 10. The van der Waals surface area contributed by atoms with Crippen molar-refractivity contribution in [3.63, 3.8) is 0 Å². The predicted octanol–water partition coefficient (Wildman–Crippen LogP) is 3.21. The molecule has 1 amide bonds. The highest BCUT2D eigenvalue weighted by atomic mass is 16.1. The smallest absolute Gasteiger partial charge is 0.220 e. The van der Waals surface area contributed by atoms with Gasteiger partial charge in [-0.3, -0.25) is 4.79 Å². The lowest BCUT2D eigenvalue weighted by Gasteiger charge is -2.33. The van der Waals surface area contributed by atoms with Gasteiger partial charge in [0.05, 0.1) is 0 Å². The van der Waals surface area contributed by atoms with Crippen LogP contribution in [0.4, 0.5) is 11.6 Å². The summed E-state index contributed by atoms with van der Waals surface area (Å²) < 4.78 is 0. The number of amides is 1. The summed E-state index contributed by atoms with van der Waals surface area (Å²) in [5.74, 6) is 2.64. The third-order valence-corrected chi connectivity index (χ3v) is 4.68. The quantitative estimate of drug-likeness (QED) is 0.636. The van der Waals surface area contributed by atoms with Gasteiger partial charge in [-0.05, 0) is 38.0 Å². The molecule has 1 aliphatic rings. The fourth-order valence-electron chi connectivity index (χ4n) is 3.21. The van der Waals surface area contributed by atoms with E-state index < -0.39 is 0 Å². The first-order chi connectivity index (χ1) is 12.2. The Morgan fingerprint density at radius 2 is 2.16 bits per heavy atom. The van der Waals surface area contributed by atoms with Crippen molar-refractivity contribution < 1.29 is 4.79 Å². The van der Waals surface area contributed by atoms with Crippen molar-refractivity contribution in [1.82, 2.24) is 15.3 Å². The minimum Gasteiger partial charge on any atom is -0.370 e. The minimum atomic E-state index is 0.193. The molecule has 0 aromatic carbocycles. The number of anilines is 2. The topological polar surface area (TPSA) is 70.2 Å². The van der Waals surface area contributed by atoms with Crippen LogP contribution in [-0.4, -0.2) is 42.1 Å². The van der Waals surface area contributed by atoms with Crippen LogP contribution < -0.4 is 15.5 Å². The normalized spacial score (nSPS) is 17.4. The Balaban J connectivity index is 1.81. The maximum absolute atomic E-state index is 11.9. The predicted molar refractivity (Wildman–Crippen MR) is 103 cm³/mol. The first kappa shape index (κ1) is 19.5. The zero-order valence-corrected chi connectivity index (χ0v) is 15.8. The zero-order valence-electron chi connectivity index (χ0n) is 15.8. The largest absolute Gasteiger partial charge is 0.370 e. The van der Waals surface area contributed by atoms with Gasteiger partial charge in [0.25, 0.3) is 0 Å². The molecule has 1 aliphatic heterocycles. The Labute approximate surface area is 151 Å². The van der Waals surface area contributed by atoms with Gasteiger partial charge in [0.2, 0.25) is 5.91 Å². The van der Waals surface area contributed by atoms with Crippen molar-refractivity contribution in [3.8, 4) is 0 Å². The van der Waals surface area contributed by atoms with Gasteiger partial charge in [-0.2, -0.15) is 0 Å². The summed E-state index contributed by atoms with van der Waals surface area (Å²) in [6, 6.07) is 2.04. The van der Waals surface area contributed by atoms with Crippen molar-refractivity contribution >= 4 is 17.5 Å². The second-order valence-corrected chi connectivity index (χ2v) is 6.88. The van der Waals surface area contributed by atoms with Gasteiger partial charge in [-0.15, -0.1) is 0 Å². The number of unbranched alkanes of at least 4 members (excludes halogenated alkanes) is 1. The van der Waals surface area contributed by atoms with Crippen molar-refractivity contribution in [2.75, 3.05) is 36.4 Å². The van der Waals surface area contributed by atoms with Crippen molar-refractivity contribution in [1.29, 1.82) is 0 Å². The summed E-state index contributed by atoms with van der Waals surface area (Å²) in [7, 11) is 0. The minimum absolute atomic E-state index is 0.193. The van der Waals surface area contributed by atoms with E-state index in [0.29, 0.717) is 12.3 Å². The molecule has 1 saturated heterocycles. The zero-order chi connectivity index (χ0) is 17.9. The van der Waals surface area contributed by atoms with E-state index in [4.69, 9.17) is 0 Å². The van der Waals surface area contributed by atoms with Crippen molar-refractivity contribution in [3.05, 3.63) is 12.4 Å². The summed E-state index contributed by atoms with van der Waals surface area (Å²) in [6.45, 7) is 8.02. The number of aromatic nitrogens is 2. The molecule has 2 heterocycles. The number of nitrogens with zero attached hydrogens (tertiary/aromatic N) is 3. The van der Waals surface area contributed by atoms with E-state index in [9.17, 15) is 4.79 Å². The van der Waals surface area contributed by atoms with Gasteiger partial charge in [0.15, 0.2) is 0 Å². The molecule has 0 spiro atoms. The van der Waals surface area contributed by atoms with Gasteiger partial charge in [0.1, 0.15) is 18.0 Å². The van der Waals surface area contributed by atoms with E-state index >= 15 is 0 Å². The molecule has 1 unspecified atom stereocenters. The second-order valence-electron chi connectivity index (χ2n) is 6.88. The SMILES string of the molecule is CCCCNC(=O)CCC1CCCN(c2cc(NCCC)ncn2)C1. The van der Waals surface area contributed by atoms with Gasteiger partial charge in [-0.1, -0.05) is 20.3 Å². The Hall–Kier alpha value is -1.85. The first-order valence-corrected chi connectivity index (χ1v) is 9.80. The summed E-state index contributed by atoms with van der Waals surface area (Å²) >= 11 is 0. The summed E-state index contributed by atoms with van der Waals surface area (Å²) in [6.07, 6.45) is 8.84. The molecule has 140 valence electrons. The highest BCUT2D eigenvalue weighted by Gasteiger charge is 2.21. The third kappa shape index (κ3) is 6.88. The Morgan fingerprint density at radius 1 is 1.28 bits per heavy atom. The third-order valence-electron chi connectivity index (χ3n) is 4.68. The molecule has 1 fully saturated rings. The number of nitrogens with one attached hydrogen (secondary N) is 2. The monoisotopic (exact) mass is 347 g/mol. The number of hydrogen-bond acceptors (Lipinski definition) is 5. The van der Waals surface area contributed by atoms with E-state index in [-0.39, 0.29) is 5.91 Å². The van der Waals surface area contributed by atoms with E-state index in [1.54, 1.807) is 6.33 Å². The average molecular weight is 348 g/mol. The second kappa shape index (κ2) is 10.9. The fraction of sp³-hybridized carbons (Fsp3) is 0.737. The maximum Gasteiger partial charge on any atom is 0.220 e. The molecule has 2 rings (SSSR count). The standard InChI is InChI=1S/C19H33N5O/c1-3-5-11-21-19(25)9-8-16-7-6-12-24(14-16)18-13-17(20-10-4-2)22-15-23-18/h13,15-16H,3-12,14H2,1-2H3,(H,21,25)(H,20,22,23). The molecule has 1 atom stereocenters. The summed E-state index contributed by atoms with van der Waals surface area (Å²) in [4.78, 5) is 23.0. The Bertz CT molecular complexity index is 522. The highest BCUT2D eigenvalue weighted by molar-refractivity contribution is 5.75. The van der Waals surface area contributed by atoms with E-state index in [2.05, 4.69) is 39.3 Å².